The Labute approximate surface area is 314 Å². The number of phenolic OH excluding ortho intramolecular Hbond substituents is 1. The molecule has 2 saturated heterocycles. The molecule has 0 amide bonds. The van der Waals surface area contributed by atoms with Gasteiger partial charge in [-0.25, -0.2) is 13.8 Å². The van der Waals surface area contributed by atoms with Crippen LogP contribution in [0.1, 0.15) is 56.9 Å². The number of phenols is 1. The highest BCUT2D eigenvalue weighted by Crippen LogP contribution is 2.50. The number of halogens is 3. The lowest BCUT2D eigenvalue weighted by Gasteiger charge is -2.48. The third-order valence-electron chi connectivity index (χ3n) is 12.1. The Morgan fingerprint density at radius 2 is 1.94 bits per heavy atom. The van der Waals surface area contributed by atoms with Crippen LogP contribution in [-0.4, -0.2) is 89.2 Å². The molecule has 2 aromatic carbocycles. The number of aromatic nitrogens is 3. The second-order valence-corrected chi connectivity index (χ2v) is 15.6. The zero-order chi connectivity index (χ0) is 35.7. The number of nitrogens with zero attached hydrogens (tertiary/aromatic N) is 5. The number of morpholine rings is 1. The summed E-state index contributed by atoms with van der Waals surface area (Å²) in [6.45, 7) is 3.64. The van der Waals surface area contributed by atoms with Gasteiger partial charge in [0.2, 0.25) is 5.88 Å². The van der Waals surface area contributed by atoms with E-state index in [2.05, 4.69) is 20.7 Å². The molecule has 0 radical (unpaired) electrons. The topological polar surface area (TPSA) is 102 Å². The lowest BCUT2D eigenvalue weighted by atomic mass is 9.74. The zero-order valence-corrected chi connectivity index (χ0v) is 31.1. The molecule has 4 atom stereocenters. The van der Waals surface area contributed by atoms with Crippen LogP contribution in [0.15, 0.2) is 24.3 Å². The minimum absolute atomic E-state index is 0.0385. The largest absolute Gasteiger partial charge is 0.508 e. The molecule has 1 N–H and O–H groups in total. The average molecular weight is 824 g/mol. The Hall–Kier alpha value is -3.58. The van der Waals surface area contributed by atoms with Crippen LogP contribution < -0.4 is 14.4 Å². The third-order valence-corrected chi connectivity index (χ3v) is 12.8. The van der Waals surface area contributed by atoms with E-state index in [1.165, 1.54) is 31.4 Å². The number of hydrogen-bond acceptors (Lipinski definition) is 10. The Bertz CT molecular complexity index is 2110. The first-order valence-corrected chi connectivity index (χ1v) is 19.1. The van der Waals surface area contributed by atoms with Crippen LogP contribution in [0.4, 0.5) is 14.6 Å². The molecule has 5 aliphatic rings. The van der Waals surface area contributed by atoms with E-state index in [9.17, 15) is 5.11 Å². The summed E-state index contributed by atoms with van der Waals surface area (Å²) < 4.78 is 56.1. The van der Waals surface area contributed by atoms with Crippen molar-refractivity contribution in [3.8, 4) is 41.2 Å². The molecule has 2 aliphatic heterocycles. The van der Waals surface area contributed by atoms with Crippen LogP contribution in [0.2, 0.25) is 0 Å². The summed E-state index contributed by atoms with van der Waals surface area (Å²) in [7, 11) is 1.46. The van der Waals surface area contributed by atoms with Gasteiger partial charge < -0.3 is 27.3 Å². The van der Waals surface area contributed by atoms with Crippen LogP contribution in [0, 0.1) is 35.3 Å². The van der Waals surface area contributed by atoms with Gasteiger partial charge >= 0.3 is 6.01 Å². The molecular weight excluding hydrogens is 783 g/mol. The number of aromatic hydroxyl groups is 1. The minimum Gasteiger partial charge on any atom is -0.508 e. The Kier molecular flexibility index (Phi) is 8.79. The second-order valence-electron chi connectivity index (χ2n) is 15.1. The molecule has 272 valence electrons. The molecule has 10 nitrogen and oxygen atoms in total. The van der Waals surface area contributed by atoms with Gasteiger partial charge in [-0.2, -0.15) is 9.97 Å². The van der Waals surface area contributed by atoms with Crippen molar-refractivity contribution in [1.29, 1.82) is 0 Å². The van der Waals surface area contributed by atoms with Gasteiger partial charge in [0, 0.05) is 35.5 Å². The molecule has 52 heavy (non-hydrogen) atoms. The van der Waals surface area contributed by atoms with Crippen LogP contribution in [0.25, 0.3) is 32.9 Å². The first-order valence-electron chi connectivity index (χ1n) is 18.2. The fraction of sp³-hybridized carbons (Fsp3) is 0.513. The van der Waals surface area contributed by atoms with E-state index in [-0.39, 0.29) is 62.9 Å². The molecule has 0 bridgehead atoms. The number of ether oxygens (including phenoxy) is 3. The lowest BCUT2D eigenvalue weighted by molar-refractivity contribution is -0.0241. The number of piperidine rings is 1. The molecule has 9 rings (SSSR count). The van der Waals surface area contributed by atoms with Crippen molar-refractivity contribution in [3.63, 3.8) is 0 Å². The lowest BCUT2D eigenvalue weighted by Crippen LogP contribution is -2.54. The molecule has 13 heteroatoms. The summed E-state index contributed by atoms with van der Waals surface area (Å²) >= 11 is 2.02. The normalized spacial score (nSPS) is 28.3. The predicted molar refractivity (Wildman–Crippen MR) is 200 cm³/mol. The van der Waals surface area contributed by atoms with Crippen LogP contribution in [0.3, 0.4) is 0 Å². The SMILES string of the molecule is C#Cc1c(F)ccc2cc(O)cc(-c3nc(OC)c4c(N5CCOC6CC65)nc(OC[C@]56CCC[C@H]5N(CC5CC(OI)C5)CCC6)nc4c3F)c12. The predicted octanol–water partition coefficient (Wildman–Crippen LogP) is 6.95. The summed E-state index contributed by atoms with van der Waals surface area (Å²) in [5, 5.41) is 11.7. The first-order chi connectivity index (χ1) is 25.3. The van der Waals surface area contributed by atoms with E-state index in [0.29, 0.717) is 54.4 Å². The standard InChI is InChI=1S/C39H40F2IN5O5/c1-3-25-27(40)8-7-22-16-23(48)17-26(31(22)25)34-33(41)35-32(37(43-34)49-2)36(47-12-13-50-29-18-28(29)47)45-38(44-35)51-20-39-9-4-6-30(39)46(11-5-10-39)19-21-14-24(15-21)52-42/h1,7-8,16-17,21,24,28-30,48H,4-6,9-15,18-20H2,2H3/t21?,24?,28?,29?,30-,39-/m1/s1. The second kappa shape index (κ2) is 13.4. The van der Waals surface area contributed by atoms with Gasteiger partial charge in [0.05, 0.1) is 44.1 Å². The summed E-state index contributed by atoms with van der Waals surface area (Å²) in [6.07, 6.45) is 14.7. The van der Waals surface area contributed by atoms with E-state index in [4.69, 9.17) is 33.7 Å². The summed E-state index contributed by atoms with van der Waals surface area (Å²) in [4.78, 5) is 19.1. The van der Waals surface area contributed by atoms with Gasteiger partial charge in [0.1, 0.15) is 57.0 Å². The highest BCUT2D eigenvalue weighted by atomic mass is 127. The highest BCUT2D eigenvalue weighted by molar-refractivity contribution is 14.1. The maximum Gasteiger partial charge on any atom is 0.319 e. The number of anilines is 1. The number of fused-ring (bicyclic) bond motifs is 4. The van der Waals surface area contributed by atoms with Crippen molar-refractivity contribution < 1.29 is 31.2 Å². The van der Waals surface area contributed by atoms with Crippen LogP contribution >= 0.6 is 23.0 Å². The summed E-state index contributed by atoms with van der Waals surface area (Å²) in [5.41, 5.74) is -0.207. The van der Waals surface area contributed by atoms with E-state index in [0.717, 1.165) is 64.5 Å². The molecule has 3 aliphatic carbocycles. The molecule has 4 aromatic rings. The van der Waals surface area contributed by atoms with Crippen molar-refractivity contribution in [2.45, 2.75) is 75.7 Å². The van der Waals surface area contributed by atoms with Gasteiger partial charge in [-0.1, -0.05) is 18.4 Å². The number of terminal acetylenes is 1. The fourth-order valence-corrected chi connectivity index (χ4v) is 9.93. The summed E-state index contributed by atoms with van der Waals surface area (Å²) in [5.74, 6) is 2.05. The molecule has 0 spiro atoms. The van der Waals surface area contributed by atoms with Gasteiger partial charge in [-0.15, -0.1) is 6.42 Å². The van der Waals surface area contributed by atoms with Gasteiger partial charge in [-0.3, -0.25) is 4.90 Å². The Morgan fingerprint density at radius 1 is 1.10 bits per heavy atom. The van der Waals surface area contributed by atoms with E-state index in [1.807, 2.05) is 23.0 Å². The monoisotopic (exact) mass is 823 g/mol. The molecular formula is C39H40F2IN5O5. The van der Waals surface area contributed by atoms with Crippen molar-refractivity contribution in [3.05, 3.63) is 41.5 Å². The maximum absolute atomic E-state index is 17.2. The number of benzene rings is 2. The molecule has 2 unspecified atom stereocenters. The van der Waals surface area contributed by atoms with Crippen LogP contribution in [0.5, 0.6) is 17.6 Å². The average Bonchev–Trinajstić information content (AvgIpc) is 3.81. The number of methoxy groups -OCH3 is 1. The van der Waals surface area contributed by atoms with E-state index >= 15 is 8.78 Å². The van der Waals surface area contributed by atoms with Crippen molar-refractivity contribution in [2.75, 3.05) is 44.9 Å². The van der Waals surface area contributed by atoms with E-state index < -0.39 is 11.6 Å². The number of rotatable bonds is 9. The number of hydrogen-bond donors (Lipinski definition) is 1. The molecule has 5 fully saturated rings. The van der Waals surface area contributed by atoms with Crippen LogP contribution in [-0.2, 0) is 7.80 Å². The zero-order valence-electron chi connectivity index (χ0n) is 28.9. The minimum atomic E-state index is -0.779. The molecule has 2 aromatic heterocycles. The van der Waals surface area contributed by atoms with Gasteiger partial charge in [0.25, 0.3) is 0 Å². The Morgan fingerprint density at radius 3 is 2.75 bits per heavy atom. The highest BCUT2D eigenvalue weighted by Gasteiger charge is 2.50. The van der Waals surface area contributed by atoms with Crippen molar-refractivity contribution in [2.24, 2.45) is 11.3 Å². The first kappa shape index (κ1) is 34.2. The van der Waals surface area contributed by atoms with Gasteiger partial charge in [-0.05, 0) is 81.0 Å². The Balaban J connectivity index is 1.14. The van der Waals surface area contributed by atoms with Gasteiger partial charge in [0.15, 0.2) is 5.82 Å². The fourth-order valence-electron chi connectivity index (χ4n) is 9.52. The van der Waals surface area contributed by atoms with Crippen molar-refractivity contribution in [1.82, 2.24) is 19.9 Å². The van der Waals surface area contributed by atoms with Crippen molar-refractivity contribution >= 4 is 50.5 Å². The third kappa shape index (κ3) is 5.72. The maximum atomic E-state index is 17.2. The smallest absolute Gasteiger partial charge is 0.319 e. The quantitative estimate of drug-likeness (QED) is 0.141. The number of pyridine rings is 1. The number of likely N-dealkylation sites (tertiary alicyclic amines) is 1. The summed E-state index contributed by atoms with van der Waals surface area (Å²) in [6, 6.07) is 6.08. The molecule has 4 heterocycles. The van der Waals surface area contributed by atoms with E-state index in [1.54, 1.807) is 0 Å². The molecule has 3 saturated carbocycles.